The summed E-state index contributed by atoms with van der Waals surface area (Å²) in [4.78, 5) is 27.7. The topological polar surface area (TPSA) is 73.6 Å². The van der Waals surface area contributed by atoms with Crippen LogP contribution in [0, 0.1) is 11.3 Å². The first-order chi connectivity index (χ1) is 13.1. The maximum absolute atomic E-state index is 12.3. The molecule has 1 saturated heterocycles. The molecule has 0 radical (unpaired) electrons. The molecule has 1 aliphatic heterocycles. The predicted octanol–water partition coefficient (Wildman–Crippen LogP) is 2.49. The van der Waals surface area contributed by atoms with Crippen molar-refractivity contribution in [3.05, 3.63) is 59.7 Å². The zero-order chi connectivity index (χ0) is 19.2. The molecule has 1 fully saturated rings. The van der Waals surface area contributed by atoms with E-state index in [2.05, 4.69) is 4.90 Å². The van der Waals surface area contributed by atoms with Crippen LogP contribution in [-0.4, -0.2) is 49.4 Å². The van der Waals surface area contributed by atoms with Gasteiger partial charge in [0, 0.05) is 37.4 Å². The average Bonchev–Trinajstić information content (AvgIpc) is 2.72. The minimum atomic E-state index is -0.0501. The SMILES string of the molecule is CC(=O)c1ccc(N2CCN(C(=O)COc3ccc(C#N)cc3)CC2)cc1. The van der Waals surface area contributed by atoms with Crippen LogP contribution in [0.2, 0.25) is 0 Å². The largest absolute Gasteiger partial charge is 0.484 e. The third-order valence-electron chi connectivity index (χ3n) is 4.62. The van der Waals surface area contributed by atoms with E-state index in [-0.39, 0.29) is 18.3 Å². The molecular formula is C21H21N3O3. The van der Waals surface area contributed by atoms with Gasteiger partial charge in [-0.2, -0.15) is 5.26 Å². The monoisotopic (exact) mass is 363 g/mol. The summed E-state index contributed by atoms with van der Waals surface area (Å²) in [5.41, 5.74) is 2.31. The summed E-state index contributed by atoms with van der Waals surface area (Å²) in [6.07, 6.45) is 0. The normalized spacial score (nSPS) is 13.8. The van der Waals surface area contributed by atoms with Crippen LogP contribution >= 0.6 is 0 Å². The Balaban J connectivity index is 1.48. The van der Waals surface area contributed by atoms with E-state index in [1.54, 1.807) is 36.1 Å². The molecule has 0 atom stereocenters. The Bertz CT molecular complexity index is 846. The molecule has 2 aromatic carbocycles. The van der Waals surface area contributed by atoms with Crippen molar-refractivity contribution in [3.63, 3.8) is 0 Å². The van der Waals surface area contributed by atoms with Crippen molar-refractivity contribution in [2.24, 2.45) is 0 Å². The molecule has 138 valence electrons. The summed E-state index contributed by atoms with van der Waals surface area (Å²) in [5.74, 6) is 0.580. The third-order valence-corrected chi connectivity index (χ3v) is 4.62. The van der Waals surface area contributed by atoms with Gasteiger partial charge in [-0.3, -0.25) is 9.59 Å². The van der Waals surface area contributed by atoms with Crippen LogP contribution in [0.4, 0.5) is 5.69 Å². The second-order valence-corrected chi connectivity index (χ2v) is 6.40. The fraction of sp³-hybridized carbons (Fsp3) is 0.286. The van der Waals surface area contributed by atoms with Crippen molar-refractivity contribution >= 4 is 17.4 Å². The van der Waals surface area contributed by atoms with Gasteiger partial charge < -0.3 is 14.5 Å². The van der Waals surface area contributed by atoms with E-state index >= 15 is 0 Å². The molecule has 1 amide bonds. The number of ketones is 1. The first-order valence-electron chi connectivity index (χ1n) is 8.83. The molecule has 0 aromatic heterocycles. The number of rotatable bonds is 5. The van der Waals surface area contributed by atoms with Crippen LogP contribution < -0.4 is 9.64 Å². The molecule has 6 nitrogen and oxygen atoms in total. The van der Waals surface area contributed by atoms with E-state index in [4.69, 9.17) is 10.00 Å². The zero-order valence-electron chi connectivity index (χ0n) is 15.2. The minimum Gasteiger partial charge on any atom is -0.484 e. The Morgan fingerprint density at radius 1 is 1.00 bits per heavy atom. The quantitative estimate of drug-likeness (QED) is 0.763. The fourth-order valence-corrected chi connectivity index (χ4v) is 2.98. The van der Waals surface area contributed by atoms with Gasteiger partial charge in [0.1, 0.15) is 5.75 Å². The van der Waals surface area contributed by atoms with E-state index in [1.807, 2.05) is 30.3 Å². The van der Waals surface area contributed by atoms with Gasteiger partial charge in [0.15, 0.2) is 12.4 Å². The highest BCUT2D eigenvalue weighted by atomic mass is 16.5. The standard InChI is InChI=1S/C21H21N3O3/c1-16(25)18-4-6-19(7-5-18)23-10-12-24(13-11-23)21(26)15-27-20-8-2-17(14-22)3-9-20/h2-9H,10-13,15H2,1H3. The number of amides is 1. The van der Waals surface area contributed by atoms with Gasteiger partial charge in [0.05, 0.1) is 11.6 Å². The van der Waals surface area contributed by atoms with Crippen LogP contribution in [0.25, 0.3) is 0 Å². The summed E-state index contributed by atoms with van der Waals surface area (Å²) in [5, 5.41) is 8.79. The number of carbonyl (C=O) groups excluding carboxylic acids is 2. The molecule has 0 aliphatic carbocycles. The van der Waals surface area contributed by atoms with Crippen LogP contribution in [0.15, 0.2) is 48.5 Å². The maximum atomic E-state index is 12.3. The first-order valence-corrected chi connectivity index (χ1v) is 8.83. The van der Waals surface area contributed by atoms with Crippen LogP contribution in [-0.2, 0) is 4.79 Å². The molecule has 0 bridgehead atoms. The van der Waals surface area contributed by atoms with E-state index < -0.39 is 0 Å². The molecule has 2 aromatic rings. The molecule has 1 heterocycles. The Morgan fingerprint density at radius 3 is 2.19 bits per heavy atom. The molecular weight excluding hydrogens is 342 g/mol. The Morgan fingerprint density at radius 2 is 1.63 bits per heavy atom. The van der Waals surface area contributed by atoms with E-state index in [9.17, 15) is 9.59 Å². The summed E-state index contributed by atoms with van der Waals surface area (Å²) in [7, 11) is 0. The van der Waals surface area contributed by atoms with E-state index in [1.165, 1.54) is 0 Å². The number of Topliss-reactive ketones (excluding diaryl/α,β-unsaturated/α-hetero) is 1. The number of piperazine rings is 1. The van der Waals surface area contributed by atoms with Gasteiger partial charge in [0.25, 0.3) is 5.91 Å². The highest BCUT2D eigenvalue weighted by Crippen LogP contribution is 2.18. The smallest absolute Gasteiger partial charge is 0.260 e. The molecule has 0 N–H and O–H groups in total. The van der Waals surface area contributed by atoms with Gasteiger partial charge in [-0.15, -0.1) is 0 Å². The number of hydrogen-bond donors (Lipinski definition) is 0. The lowest BCUT2D eigenvalue weighted by atomic mass is 10.1. The molecule has 6 heteroatoms. The number of nitriles is 1. The number of hydrogen-bond acceptors (Lipinski definition) is 5. The Hall–Kier alpha value is -3.33. The van der Waals surface area contributed by atoms with Gasteiger partial charge in [-0.25, -0.2) is 0 Å². The van der Waals surface area contributed by atoms with E-state index in [0.29, 0.717) is 30.0 Å². The van der Waals surface area contributed by atoms with Crippen molar-refractivity contribution in [2.75, 3.05) is 37.7 Å². The Kier molecular flexibility index (Phi) is 5.72. The summed E-state index contributed by atoms with van der Waals surface area (Å²) in [6, 6.07) is 16.3. The molecule has 1 aliphatic rings. The summed E-state index contributed by atoms with van der Waals surface area (Å²) in [6.45, 7) is 4.27. The van der Waals surface area contributed by atoms with Crippen LogP contribution in [0.5, 0.6) is 5.75 Å². The number of anilines is 1. The van der Waals surface area contributed by atoms with Crippen LogP contribution in [0.1, 0.15) is 22.8 Å². The first kappa shape index (κ1) is 18.5. The lowest BCUT2D eigenvalue weighted by molar-refractivity contribution is -0.133. The lowest BCUT2D eigenvalue weighted by Gasteiger charge is -2.36. The average molecular weight is 363 g/mol. The molecule has 27 heavy (non-hydrogen) atoms. The van der Waals surface area contributed by atoms with Crippen molar-refractivity contribution < 1.29 is 14.3 Å². The molecule has 3 rings (SSSR count). The highest BCUT2D eigenvalue weighted by molar-refractivity contribution is 5.94. The second-order valence-electron chi connectivity index (χ2n) is 6.40. The van der Waals surface area contributed by atoms with E-state index in [0.717, 1.165) is 18.8 Å². The van der Waals surface area contributed by atoms with Crippen molar-refractivity contribution in [1.82, 2.24) is 4.90 Å². The molecule has 0 unspecified atom stereocenters. The summed E-state index contributed by atoms with van der Waals surface area (Å²) >= 11 is 0. The number of carbonyl (C=O) groups is 2. The second kappa shape index (κ2) is 8.37. The third kappa shape index (κ3) is 4.64. The zero-order valence-corrected chi connectivity index (χ0v) is 15.2. The fourth-order valence-electron chi connectivity index (χ4n) is 2.98. The van der Waals surface area contributed by atoms with Gasteiger partial charge >= 0.3 is 0 Å². The Labute approximate surface area is 158 Å². The molecule has 0 saturated carbocycles. The van der Waals surface area contributed by atoms with Crippen molar-refractivity contribution in [1.29, 1.82) is 5.26 Å². The lowest BCUT2D eigenvalue weighted by Crippen LogP contribution is -2.50. The predicted molar refractivity (Wildman–Crippen MR) is 102 cm³/mol. The summed E-state index contributed by atoms with van der Waals surface area (Å²) < 4.78 is 5.52. The van der Waals surface area contributed by atoms with Crippen LogP contribution in [0.3, 0.4) is 0 Å². The molecule has 0 spiro atoms. The van der Waals surface area contributed by atoms with Crippen molar-refractivity contribution in [2.45, 2.75) is 6.92 Å². The number of nitrogens with zero attached hydrogens (tertiary/aromatic N) is 3. The van der Waals surface area contributed by atoms with Gasteiger partial charge in [0.2, 0.25) is 0 Å². The highest BCUT2D eigenvalue weighted by Gasteiger charge is 2.21. The minimum absolute atomic E-state index is 0.0147. The number of benzene rings is 2. The number of ether oxygens (including phenoxy) is 1. The maximum Gasteiger partial charge on any atom is 0.260 e. The van der Waals surface area contributed by atoms with Crippen molar-refractivity contribution in [3.8, 4) is 11.8 Å². The van der Waals surface area contributed by atoms with Gasteiger partial charge in [-0.1, -0.05) is 0 Å². The van der Waals surface area contributed by atoms with Gasteiger partial charge in [-0.05, 0) is 55.5 Å².